The fourth-order valence-electron chi connectivity index (χ4n) is 1.41. The van der Waals surface area contributed by atoms with E-state index in [2.05, 4.69) is 4.98 Å². The maximum Gasteiger partial charge on any atom is 0.257 e. The molecule has 0 saturated carbocycles. The van der Waals surface area contributed by atoms with Crippen molar-refractivity contribution >= 4 is 5.91 Å². The van der Waals surface area contributed by atoms with Crippen molar-refractivity contribution in [3.63, 3.8) is 0 Å². The number of hydrogen-bond donors (Lipinski definition) is 1. The van der Waals surface area contributed by atoms with Gasteiger partial charge >= 0.3 is 0 Å². The number of methoxy groups -OCH3 is 1. The minimum atomic E-state index is -0.412. The first-order valence-corrected chi connectivity index (χ1v) is 5.47. The van der Waals surface area contributed by atoms with Crippen molar-refractivity contribution in [3.8, 4) is 5.75 Å². The highest BCUT2D eigenvalue weighted by Gasteiger charge is 2.16. The van der Waals surface area contributed by atoms with E-state index in [0.29, 0.717) is 24.3 Å². The van der Waals surface area contributed by atoms with Gasteiger partial charge in [0.05, 0.1) is 25.0 Å². The lowest BCUT2D eigenvalue weighted by Gasteiger charge is -2.19. The quantitative estimate of drug-likeness (QED) is 0.829. The summed E-state index contributed by atoms with van der Waals surface area (Å²) in [6.45, 7) is 2.20. The highest BCUT2D eigenvalue weighted by molar-refractivity contribution is 5.96. The molecule has 0 radical (unpaired) electrons. The van der Waals surface area contributed by atoms with Gasteiger partial charge < -0.3 is 14.7 Å². The minimum Gasteiger partial charge on any atom is -0.494 e. The number of rotatable bonds is 5. The van der Waals surface area contributed by atoms with Crippen LogP contribution in [0.5, 0.6) is 5.75 Å². The van der Waals surface area contributed by atoms with E-state index >= 15 is 0 Å². The number of pyridine rings is 1. The molecule has 94 valence electrons. The summed E-state index contributed by atoms with van der Waals surface area (Å²) in [5, 5.41) is 9.18. The van der Waals surface area contributed by atoms with E-state index in [1.165, 1.54) is 13.3 Å². The Morgan fingerprint density at radius 1 is 1.65 bits per heavy atom. The monoisotopic (exact) mass is 238 g/mol. The highest BCUT2D eigenvalue weighted by Crippen LogP contribution is 2.17. The average molecular weight is 238 g/mol. The molecular formula is C12H18N2O3. The molecule has 1 aromatic rings. The zero-order valence-corrected chi connectivity index (χ0v) is 10.4. The number of aliphatic hydroxyl groups excluding tert-OH is 1. The van der Waals surface area contributed by atoms with Crippen LogP contribution in [0.3, 0.4) is 0 Å². The van der Waals surface area contributed by atoms with Gasteiger partial charge in [-0.2, -0.15) is 0 Å². The van der Waals surface area contributed by atoms with Crippen molar-refractivity contribution < 1.29 is 14.6 Å². The molecule has 1 amide bonds. The van der Waals surface area contributed by atoms with E-state index in [-0.39, 0.29) is 5.91 Å². The smallest absolute Gasteiger partial charge is 0.257 e. The predicted molar refractivity (Wildman–Crippen MR) is 64.0 cm³/mol. The maximum absolute atomic E-state index is 12.1. The van der Waals surface area contributed by atoms with E-state index in [0.717, 1.165) is 0 Å². The Bertz CT molecular complexity index is 380. The molecule has 0 bridgehead atoms. The van der Waals surface area contributed by atoms with Gasteiger partial charge in [0, 0.05) is 19.8 Å². The van der Waals surface area contributed by atoms with Crippen molar-refractivity contribution in [2.24, 2.45) is 0 Å². The standard InChI is InChI=1S/C12H18N2O3/c1-9(15)5-7-14(2)12(16)10-4-6-13-8-11(10)17-3/h4,6,8-9,15H,5,7H2,1-3H3. The molecule has 0 fully saturated rings. The van der Waals surface area contributed by atoms with Gasteiger partial charge in [0.15, 0.2) is 0 Å². The lowest BCUT2D eigenvalue weighted by molar-refractivity contribution is 0.0765. The van der Waals surface area contributed by atoms with Crippen LogP contribution in [0, 0.1) is 0 Å². The Morgan fingerprint density at radius 3 is 2.94 bits per heavy atom. The van der Waals surface area contributed by atoms with Gasteiger partial charge in [-0.1, -0.05) is 0 Å². The minimum absolute atomic E-state index is 0.134. The molecule has 1 N–H and O–H groups in total. The number of aliphatic hydroxyl groups is 1. The molecule has 17 heavy (non-hydrogen) atoms. The molecule has 0 spiro atoms. The summed E-state index contributed by atoms with van der Waals surface area (Å²) in [6.07, 6.45) is 3.20. The molecule has 1 atom stereocenters. The maximum atomic E-state index is 12.1. The largest absolute Gasteiger partial charge is 0.494 e. The molecule has 0 aliphatic rings. The van der Waals surface area contributed by atoms with Crippen molar-refractivity contribution in [1.82, 2.24) is 9.88 Å². The molecule has 0 aromatic carbocycles. The third-order valence-electron chi connectivity index (χ3n) is 2.46. The Labute approximate surface area is 101 Å². The lowest BCUT2D eigenvalue weighted by atomic mass is 10.2. The van der Waals surface area contributed by atoms with Crippen LogP contribution in [0.4, 0.5) is 0 Å². The first kappa shape index (κ1) is 13.4. The Kier molecular flexibility index (Phi) is 4.90. The molecule has 1 unspecified atom stereocenters. The fraction of sp³-hybridized carbons (Fsp3) is 0.500. The molecule has 1 aromatic heterocycles. The number of carbonyl (C=O) groups excluding carboxylic acids is 1. The molecular weight excluding hydrogens is 220 g/mol. The topological polar surface area (TPSA) is 62.7 Å². The third kappa shape index (κ3) is 3.71. The van der Waals surface area contributed by atoms with E-state index < -0.39 is 6.10 Å². The summed E-state index contributed by atoms with van der Waals surface area (Å²) in [5.41, 5.74) is 0.482. The van der Waals surface area contributed by atoms with Gasteiger partial charge in [-0.25, -0.2) is 0 Å². The van der Waals surface area contributed by atoms with Crippen molar-refractivity contribution in [2.45, 2.75) is 19.4 Å². The number of aromatic nitrogens is 1. The number of nitrogens with zero attached hydrogens (tertiary/aromatic N) is 2. The van der Waals surface area contributed by atoms with Crippen LogP contribution >= 0.6 is 0 Å². The van der Waals surface area contributed by atoms with Crippen LogP contribution in [-0.2, 0) is 0 Å². The second-order valence-corrected chi connectivity index (χ2v) is 3.94. The Balaban J connectivity index is 2.74. The second kappa shape index (κ2) is 6.20. The molecule has 5 heteroatoms. The molecule has 0 aliphatic carbocycles. The summed E-state index contributed by atoms with van der Waals surface area (Å²) in [5.74, 6) is 0.325. The molecule has 0 saturated heterocycles. The van der Waals surface area contributed by atoms with Gasteiger partial charge in [0.2, 0.25) is 0 Å². The zero-order chi connectivity index (χ0) is 12.8. The van der Waals surface area contributed by atoms with Crippen LogP contribution in [0.15, 0.2) is 18.5 Å². The molecule has 1 heterocycles. The van der Waals surface area contributed by atoms with Crippen molar-refractivity contribution in [1.29, 1.82) is 0 Å². The molecule has 0 aliphatic heterocycles. The zero-order valence-electron chi connectivity index (χ0n) is 10.4. The van der Waals surface area contributed by atoms with E-state index in [1.807, 2.05) is 0 Å². The van der Waals surface area contributed by atoms with E-state index in [9.17, 15) is 9.90 Å². The van der Waals surface area contributed by atoms with Crippen LogP contribution < -0.4 is 4.74 Å². The van der Waals surface area contributed by atoms with Crippen molar-refractivity contribution in [2.75, 3.05) is 20.7 Å². The Morgan fingerprint density at radius 2 is 2.35 bits per heavy atom. The third-order valence-corrected chi connectivity index (χ3v) is 2.46. The lowest BCUT2D eigenvalue weighted by Crippen LogP contribution is -2.29. The van der Waals surface area contributed by atoms with Gasteiger partial charge in [0.25, 0.3) is 5.91 Å². The van der Waals surface area contributed by atoms with Crippen LogP contribution in [0.2, 0.25) is 0 Å². The van der Waals surface area contributed by atoms with Crippen LogP contribution in [-0.4, -0.2) is 47.7 Å². The van der Waals surface area contributed by atoms with E-state index in [1.54, 1.807) is 31.1 Å². The Hall–Kier alpha value is -1.62. The normalized spacial score (nSPS) is 12.0. The van der Waals surface area contributed by atoms with Crippen LogP contribution in [0.1, 0.15) is 23.7 Å². The number of amides is 1. The summed E-state index contributed by atoms with van der Waals surface area (Å²) in [6, 6.07) is 1.63. The second-order valence-electron chi connectivity index (χ2n) is 3.94. The molecule has 1 rings (SSSR count). The van der Waals surface area contributed by atoms with Crippen LogP contribution in [0.25, 0.3) is 0 Å². The van der Waals surface area contributed by atoms with Gasteiger partial charge in [0.1, 0.15) is 5.75 Å². The van der Waals surface area contributed by atoms with Gasteiger partial charge in [-0.3, -0.25) is 9.78 Å². The van der Waals surface area contributed by atoms with Gasteiger partial charge in [-0.15, -0.1) is 0 Å². The summed E-state index contributed by atoms with van der Waals surface area (Å²) in [4.78, 5) is 17.5. The van der Waals surface area contributed by atoms with Gasteiger partial charge in [-0.05, 0) is 19.4 Å². The number of hydrogen-bond acceptors (Lipinski definition) is 4. The molecule has 5 nitrogen and oxygen atoms in total. The van der Waals surface area contributed by atoms with Crippen molar-refractivity contribution in [3.05, 3.63) is 24.0 Å². The number of carbonyl (C=O) groups is 1. The summed E-state index contributed by atoms with van der Waals surface area (Å²) < 4.78 is 5.08. The fourth-order valence-corrected chi connectivity index (χ4v) is 1.41. The number of ether oxygens (including phenoxy) is 1. The first-order valence-electron chi connectivity index (χ1n) is 5.47. The first-order chi connectivity index (χ1) is 8.06. The predicted octanol–water partition coefficient (Wildman–Crippen LogP) is 0.933. The van der Waals surface area contributed by atoms with E-state index in [4.69, 9.17) is 4.74 Å². The summed E-state index contributed by atoms with van der Waals surface area (Å²) in [7, 11) is 3.20. The summed E-state index contributed by atoms with van der Waals surface area (Å²) >= 11 is 0. The SMILES string of the molecule is COc1cnccc1C(=O)N(C)CCC(C)O. The average Bonchev–Trinajstić information content (AvgIpc) is 2.34. The highest BCUT2D eigenvalue weighted by atomic mass is 16.5.